The molecule has 6 heavy (non-hydrogen) atoms. The van der Waals surface area contributed by atoms with E-state index in [1.165, 1.54) is 0 Å². The Balaban J connectivity index is 0. The zero-order valence-electron chi connectivity index (χ0n) is 2.45. The van der Waals surface area contributed by atoms with E-state index in [9.17, 15) is 0 Å². The quantitative estimate of drug-likeness (QED) is 0.524. The van der Waals surface area contributed by atoms with Crippen molar-refractivity contribution in [3.63, 3.8) is 0 Å². The monoisotopic (exact) mass is 324 g/mol. The number of rotatable bonds is 0. The van der Waals surface area contributed by atoms with E-state index in [1.54, 1.807) is 0 Å². The Kier molecular flexibility index (Phi) is 28.2. The second-order valence-corrected chi connectivity index (χ2v) is 0.913. The van der Waals surface area contributed by atoms with Gasteiger partial charge in [-0.3, -0.25) is 0 Å². The van der Waals surface area contributed by atoms with Crippen LogP contribution in [0.25, 0.3) is 0 Å². The zero-order valence-corrected chi connectivity index (χ0v) is 7.11. The summed E-state index contributed by atoms with van der Waals surface area (Å²) in [5, 5.41) is 0. The zero-order chi connectivity index (χ0) is 5.41. The van der Waals surface area contributed by atoms with Crippen LogP contribution in [0.3, 0.4) is 0 Å². The number of hydrogen-bond acceptors (Lipinski definition) is 4. The van der Waals surface area contributed by atoms with Gasteiger partial charge in [0.15, 0.2) is 0 Å². The molecule has 4 nitrogen and oxygen atoms in total. The van der Waals surface area contributed by atoms with Gasteiger partial charge in [0.05, 0.1) is 0 Å². The standard InChI is InChI=1S/2O2Te/c2*1-3-2. The van der Waals surface area contributed by atoms with Gasteiger partial charge in [0.25, 0.3) is 0 Å². The molecule has 0 aliphatic rings. The predicted octanol–water partition coefficient (Wildman–Crippen LogP) is -1.24. The molecule has 0 aliphatic carbocycles. The first-order valence-corrected chi connectivity index (χ1v) is 4.47. The van der Waals surface area contributed by atoms with E-state index in [2.05, 4.69) is 0 Å². The van der Waals surface area contributed by atoms with E-state index in [-0.39, 0.29) is 0 Å². The van der Waals surface area contributed by atoms with Gasteiger partial charge in [0.1, 0.15) is 0 Å². The molecule has 0 rings (SSSR count). The summed E-state index contributed by atoms with van der Waals surface area (Å²) >= 11 is -4.06. The van der Waals surface area contributed by atoms with Gasteiger partial charge in [0.2, 0.25) is 0 Å². The summed E-state index contributed by atoms with van der Waals surface area (Å²) in [6.45, 7) is 0. The van der Waals surface area contributed by atoms with Crippen molar-refractivity contribution in [2.45, 2.75) is 0 Å². The minimum atomic E-state index is -2.03. The van der Waals surface area contributed by atoms with Crippen LogP contribution >= 0.6 is 0 Å². The molecule has 0 spiro atoms. The van der Waals surface area contributed by atoms with Crippen molar-refractivity contribution < 1.29 is 12.4 Å². The van der Waals surface area contributed by atoms with Crippen molar-refractivity contribution in [3.8, 4) is 0 Å². The van der Waals surface area contributed by atoms with Gasteiger partial charge < -0.3 is 0 Å². The maximum absolute atomic E-state index is 8.50. The summed E-state index contributed by atoms with van der Waals surface area (Å²) in [7, 11) is 0. The number of hydrogen-bond donors (Lipinski definition) is 0. The molecule has 0 saturated carbocycles. The maximum atomic E-state index is 8.50. The molecule has 0 bridgehead atoms. The Labute approximate surface area is 54.0 Å². The first kappa shape index (κ1) is 9.91. The van der Waals surface area contributed by atoms with Crippen LogP contribution in [-0.4, -0.2) is 41.8 Å². The van der Waals surface area contributed by atoms with Gasteiger partial charge in [-0.2, -0.15) is 0 Å². The van der Waals surface area contributed by atoms with Crippen LogP contribution in [0.15, 0.2) is 0 Å². The van der Waals surface area contributed by atoms with Gasteiger partial charge in [-0.25, -0.2) is 0 Å². The fraction of sp³-hybridized carbons (Fsp3) is 0. The van der Waals surface area contributed by atoms with Crippen molar-refractivity contribution in [1.29, 1.82) is 0 Å². The Morgan fingerprint density at radius 2 is 0.667 bits per heavy atom. The first-order chi connectivity index (χ1) is 2.83. The molecular formula is O4Te2. The summed E-state index contributed by atoms with van der Waals surface area (Å²) < 4.78 is 34.0. The minimum absolute atomic E-state index is 2.03. The molecule has 0 aliphatic heterocycles. The average Bonchev–Trinajstić information content (AvgIpc) is 1.39. The van der Waals surface area contributed by atoms with Gasteiger partial charge in [0, 0.05) is 0 Å². The molecule has 0 aromatic heterocycles. The summed E-state index contributed by atoms with van der Waals surface area (Å²) in [4.78, 5) is 0. The SMILES string of the molecule is O=[Te]=O.O=[Te]=O. The topological polar surface area (TPSA) is 68.3 Å². The van der Waals surface area contributed by atoms with Crippen LogP contribution in [0.4, 0.5) is 0 Å². The average molecular weight is 319 g/mol. The van der Waals surface area contributed by atoms with E-state index < -0.39 is 41.8 Å². The molecule has 6 heteroatoms. The van der Waals surface area contributed by atoms with E-state index >= 15 is 0 Å². The fourth-order valence-electron chi connectivity index (χ4n) is 0. The third-order valence-electron chi connectivity index (χ3n) is 0. The van der Waals surface area contributed by atoms with E-state index in [1.807, 2.05) is 0 Å². The second-order valence-electron chi connectivity index (χ2n) is 0.136. The van der Waals surface area contributed by atoms with Crippen molar-refractivity contribution in [2.75, 3.05) is 0 Å². The second kappa shape index (κ2) is 17.1. The molecule has 0 radical (unpaired) electrons. The Bertz CT molecular complexity index is 59.5. The van der Waals surface area contributed by atoms with Crippen molar-refractivity contribution in [1.82, 2.24) is 0 Å². The van der Waals surface area contributed by atoms with Crippen LogP contribution in [0.2, 0.25) is 0 Å². The summed E-state index contributed by atoms with van der Waals surface area (Å²) in [5.41, 5.74) is 0. The Morgan fingerprint density at radius 1 is 0.667 bits per heavy atom. The van der Waals surface area contributed by atoms with Crippen LogP contribution in [-0.2, 0) is 12.4 Å². The molecule has 0 atom stereocenters. The van der Waals surface area contributed by atoms with Gasteiger partial charge >= 0.3 is 54.2 Å². The molecule has 0 unspecified atom stereocenters. The molecule has 0 heterocycles. The molecule has 0 aromatic rings. The van der Waals surface area contributed by atoms with Crippen molar-refractivity contribution >= 4 is 41.8 Å². The Hall–Kier alpha value is 0.779. The van der Waals surface area contributed by atoms with Gasteiger partial charge in [-0.05, 0) is 0 Å². The Morgan fingerprint density at radius 3 is 0.667 bits per heavy atom. The van der Waals surface area contributed by atoms with Crippen molar-refractivity contribution in [2.24, 2.45) is 0 Å². The summed E-state index contributed by atoms with van der Waals surface area (Å²) in [5.74, 6) is 0. The summed E-state index contributed by atoms with van der Waals surface area (Å²) in [6, 6.07) is 0. The van der Waals surface area contributed by atoms with Crippen LogP contribution in [0.5, 0.6) is 0 Å². The van der Waals surface area contributed by atoms with Crippen molar-refractivity contribution in [3.05, 3.63) is 0 Å². The molecule has 0 aromatic carbocycles. The van der Waals surface area contributed by atoms with Crippen LogP contribution < -0.4 is 0 Å². The third-order valence-corrected chi connectivity index (χ3v) is 0. The van der Waals surface area contributed by atoms with Gasteiger partial charge in [-0.1, -0.05) is 0 Å². The molecule has 36 valence electrons. The fourth-order valence-corrected chi connectivity index (χ4v) is 0. The van der Waals surface area contributed by atoms with Gasteiger partial charge in [-0.15, -0.1) is 0 Å². The van der Waals surface area contributed by atoms with E-state index in [4.69, 9.17) is 12.4 Å². The first-order valence-electron chi connectivity index (χ1n) is 0.667. The summed E-state index contributed by atoms with van der Waals surface area (Å²) in [6.07, 6.45) is 0. The van der Waals surface area contributed by atoms with E-state index in [0.717, 1.165) is 0 Å². The molecule has 0 saturated heterocycles. The molecule has 0 fully saturated rings. The third kappa shape index (κ3) is 112. The molecule has 0 N–H and O–H groups in total. The van der Waals surface area contributed by atoms with Crippen LogP contribution in [0.1, 0.15) is 0 Å². The molecule has 0 amide bonds. The predicted molar refractivity (Wildman–Crippen MR) is 14.3 cm³/mol. The molecular weight excluding hydrogens is 319 g/mol. The van der Waals surface area contributed by atoms with Crippen LogP contribution in [0, 0.1) is 0 Å². The van der Waals surface area contributed by atoms with E-state index in [0.29, 0.717) is 0 Å². The normalized spacial score (nSPS) is 4.00.